The van der Waals surface area contributed by atoms with Gasteiger partial charge in [-0.2, -0.15) is 0 Å². The minimum absolute atomic E-state index is 0.616. The molecule has 0 atom stereocenters. The zero-order chi connectivity index (χ0) is 14.5. The van der Waals surface area contributed by atoms with Gasteiger partial charge in [-0.15, -0.1) is 0 Å². The first-order chi connectivity index (χ1) is 9.61. The second-order valence-electron chi connectivity index (χ2n) is 4.58. The maximum absolute atomic E-state index is 11.3. The van der Waals surface area contributed by atoms with Crippen molar-refractivity contribution in [1.82, 2.24) is 0 Å². The standard InChI is InChI=1S/C17H14Br2O/c1-12-5-4-7-15(17(12)19)10-13(11-20)9-14-6-2-3-8-16(14)18/h2-8,10-11H,9H2,1H3/b13-10-. The summed E-state index contributed by atoms with van der Waals surface area (Å²) in [5.74, 6) is 0. The fourth-order valence-corrected chi connectivity index (χ4v) is 2.77. The molecule has 2 aromatic rings. The first kappa shape index (κ1) is 15.2. The number of carbonyl (C=O) groups is 1. The Hall–Kier alpha value is -1.19. The maximum atomic E-state index is 11.3. The maximum Gasteiger partial charge on any atom is 0.146 e. The smallest absolute Gasteiger partial charge is 0.146 e. The minimum atomic E-state index is 0.616. The van der Waals surface area contributed by atoms with Crippen LogP contribution in [0.15, 0.2) is 57.0 Å². The third-order valence-corrected chi connectivity index (χ3v) is 4.92. The summed E-state index contributed by atoms with van der Waals surface area (Å²) in [6.07, 6.45) is 3.48. The second kappa shape index (κ2) is 7.00. The van der Waals surface area contributed by atoms with E-state index >= 15 is 0 Å². The normalized spacial score (nSPS) is 11.4. The lowest BCUT2D eigenvalue weighted by molar-refractivity contribution is -0.104. The number of benzene rings is 2. The largest absolute Gasteiger partial charge is 0.298 e. The van der Waals surface area contributed by atoms with Crippen LogP contribution in [0, 0.1) is 6.92 Å². The van der Waals surface area contributed by atoms with E-state index in [9.17, 15) is 4.79 Å². The Morgan fingerprint density at radius 2 is 1.85 bits per heavy atom. The number of carbonyl (C=O) groups excluding carboxylic acids is 1. The lowest BCUT2D eigenvalue weighted by Gasteiger charge is -2.06. The molecule has 0 amide bonds. The highest BCUT2D eigenvalue weighted by Crippen LogP contribution is 2.25. The summed E-state index contributed by atoms with van der Waals surface area (Å²) in [7, 11) is 0. The molecule has 2 rings (SSSR count). The molecule has 0 aliphatic rings. The van der Waals surface area contributed by atoms with Gasteiger partial charge in [0.05, 0.1) is 0 Å². The highest BCUT2D eigenvalue weighted by atomic mass is 79.9. The number of aryl methyl sites for hydroxylation is 1. The van der Waals surface area contributed by atoms with E-state index in [0.717, 1.165) is 37.5 Å². The molecule has 0 radical (unpaired) electrons. The molecule has 102 valence electrons. The van der Waals surface area contributed by atoms with E-state index in [1.807, 2.05) is 55.5 Å². The van der Waals surface area contributed by atoms with E-state index in [2.05, 4.69) is 31.9 Å². The van der Waals surface area contributed by atoms with Gasteiger partial charge in [-0.1, -0.05) is 52.3 Å². The molecule has 0 saturated carbocycles. The van der Waals surface area contributed by atoms with Crippen LogP contribution >= 0.6 is 31.9 Å². The van der Waals surface area contributed by atoms with Crippen LogP contribution in [0.3, 0.4) is 0 Å². The Kier molecular flexibility index (Phi) is 5.32. The first-order valence-corrected chi connectivity index (χ1v) is 7.84. The highest BCUT2D eigenvalue weighted by Gasteiger charge is 2.05. The summed E-state index contributed by atoms with van der Waals surface area (Å²) in [6, 6.07) is 14.0. The van der Waals surface area contributed by atoms with Crippen LogP contribution in [0.1, 0.15) is 16.7 Å². The van der Waals surface area contributed by atoms with Gasteiger partial charge in [0, 0.05) is 15.4 Å². The predicted octanol–water partition coefficient (Wildman–Crippen LogP) is 5.35. The van der Waals surface area contributed by atoms with E-state index < -0.39 is 0 Å². The Labute approximate surface area is 136 Å². The molecule has 0 spiro atoms. The minimum Gasteiger partial charge on any atom is -0.298 e. The zero-order valence-corrected chi connectivity index (χ0v) is 14.2. The molecule has 0 bridgehead atoms. The summed E-state index contributed by atoms with van der Waals surface area (Å²) >= 11 is 7.08. The first-order valence-electron chi connectivity index (χ1n) is 6.26. The molecule has 2 aromatic carbocycles. The van der Waals surface area contributed by atoms with E-state index in [-0.39, 0.29) is 0 Å². The van der Waals surface area contributed by atoms with Crippen LogP contribution in [0.25, 0.3) is 6.08 Å². The number of halogens is 2. The molecule has 3 heteroatoms. The van der Waals surface area contributed by atoms with Crippen molar-refractivity contribution in [3.05, 3.63) is 73.7 Å². The van der Waals surface area contributed by atoms with Crippen LogP contribution < -0.4 is 0 Å². The summed E-state index contributed by atoms with van der Waals surface area (Å²) in [6.45, 7) is 2.04. The topological polar surface area (TPSA) is 17.1 Å². The van der Waals surface area contributed by atoms with Crippen LogP contribution in [0.5, 0.6) is 0 Å². The number of hydrogen-bond acceptors (Lipinski definition) is 1. The number of rotatable bonds is 4. The highest BCUT2D eigenvalue weighted by molar-refractivity contribution is 9.10. The molecular weight excluding hydrogens is 380 g/mol. The molecule has 20 heavy (non-hydrogen) atoms. The van der Waals surface area contributed by atoms with E-state index in [0.29, 0.717) is 6.42 Å². The molecule has 1 nitrogen and oxygen atoms in total. The quantitative estimate of drug-likeness (QED) is 0.505. The lowest BCUT2D eigenvalue weighted by Crippen LogP contribution is -1.94. The van der Waals surface area contributed by atoms with Gasteiger partial charge in [0.15, 0.2) is 0 Å². The Morgan fingerprint density at radius 3 is 2.55 bits per heavy atom. The van der Waals surface area contributed by atoms with E-state index in [4.69, 9.17) is 0 Å². The van der Waals surface area contributed by atoms with Gasteiger partial charge in [-0.05, 0) is 57.3 Å². The van der Waals surface area contributed by atoms with Crippen LogP contribution in [-0.4, -0.2) is 6.29 Å². The summed E-state index contributed by atoms with van der Waals surface area (Å²) in [5.41, 5.74) is 4.04. The summed E-state index contributed by atoms with van der Waals surface area (Å²) < 4.78 is 2.06. The van der Waals surface area contributed by atoms with Crippen LogP contribution in [-0.2, 0) is 11.2 Å². The van der Waals surface area contributed by atoms with Gasteiger partial charge in [-0.25, -0.2) is 0 Å². The van der Waals surface area contributed by atoms with Gasteiger partial charge in [0.1, 0.15) is 6.29 Å². The monoisotopic (exact) mass is 392 g/mol. The van der Waals surface area contributed by atoms with Crippen LogP contribution in [0.2, 0.25) is 0 Å². The van der Waals surface area contributed by atoms with Crippen molar-refractivity contribution in [3.63, 3.8) is 0 Å². The molecule has 0 fully saturated rings. The molecule has 0 aliphatic heterocycles. The molecule has 0 aromatic heterocycles. The molecule has 0 N–H and O–H groups in total. The van der Waals surface area contributed by atoms with E-state index in [1.54, 1.807) is 0 Å². The second-order valence-corrected chi connectivity index (χ2v) is 6.23. The average molecular weight is 394 g/mol. The SMILES string of the molecule is Cc1cccc(/C=C(\C=O)Cc2ccccc2Br)c1Br. The third kappa shape index (κ3) is 3.68. The number of hydrogen-bond donors (Lipinski definition) is 0. The summed E-state index contributed by atoms with van der Waals surface area (Å²) in [5, 5.41) is 0. The Bertz CT molecular complexity index is 660. The van der Waals surface area contributed by atoms with E-state index in [1.165, 1.54) is 0 Å². The van der Waals surface area contributed by atoms with Gasteiger partial charge >= 0.3 is 0 Å². The van der Waals surface area contributed by atoms with Crippen molar-refractivity contribution in [1.29, 1.82) is 0 Å². The Balaban J connectivity index is 2.33. The van der Waals surface area contributed by atoms with Gasteiger partial charge in [0.25, 0.3) is 0 Å². The van der Waals surface area contributed by atoms with Gasteiger partial charge < -0.3 is 0 Å². The number of aldehydes is 1. The molecule has 0 unspecified atom stereocenters. The molecule has 0 aliphatic carbocycles. The van der Waals surface area contributed by atoms with Crippen molar-refractivity contribution in [2.24, 2.45) is 0 Å². The fraction of sp³-hybridized carbons (Fsp3) is 0.118. The van der Waals surface area contributed by atoms with Gasteiger partial charge in [-0.3, -0.25) is 4.79 Å². The third-order valence-electron chi connectivity index (χ3n) is 3.07. The lowest BCUT2D eigenvalue weighted by atomic mass is 10.0. The van der Waals surface area contributed by atoms with Crippen molar-refractivity contribution in [2.45, 2.75) is 13.3 Å². The molecule has 0 saturated heterocycles. The van der Waals surface area contributed by atoms with Crippen molar-refractivity contribution >= 4 is 44.2 Å². The van der Waals surface area contributed by atoms with Crippen LogP contribution in [0.4, 0.5) is 0 Å². The average Bonchev–Trinajstić information content (AvgIpc) is 2.45. The van der Waals surface area contributed by atoms with Gasteiger partial charge in [0.2, 0.25) is 0 Å². The molecule has 0 heterocycles. The van der Waals surface area contributed by atoms with Crippen molar-refractivity contribution in [2.75, 3.05) is 0 Å². The Morgan fingerprint density at radius 1 is 1.10 bits per heavy atom. The summed E-state index contributed by atoms with van der Waals surface area (Å²) in [4.78, 5) is 11.3. The van der Waals surface area contributed by atoms with Crippen molar-refractivity contribution < 1.29 is 4.79 Å². The zero-order valence-electron chi connectivity index (χ0n) is 11.1. The fourth-order valence-electron chi connectivity index (χ4n) is 1.97. The number of allylic oxidation sites excluding steroid dienone is 1. The molecular formula is C17H14Br2O. The predicted molar refractivity (Wildman–Crippen MR) is 90.8 cm³/mol. The van der Waals surface area contributed by atoms with Crippen molar-refractivity contribution in [3.8, 4) is 0 Å².